The molecule has 0 bridgehead atoms. The summed E-state index contributed by atoms with van der Waals surface area (Å²) >= 11 is 0. The maximum Gasteiger partial charge on any atom is 0.227 e. The van der Waals surface area contributed by atoms with Gasteiger partial charge in [-0.15, -0.1) is 0 Å². The number of aromatic nitrogens is 2. The Bertz CT molecular complexity index is 624. The molecule has 7 heteroatoms. The summed E-state index contributed by atoms with van der Waals surface area (Å²) in [5.41, 5.74) is 0.914. The lowest BCUT2D eigenvalue weighted by Crippen LogP contribution is -2.27. The Morgan fingerprint density at radius 2 is 1.91 bits per heavy atom. The van der Waals surface area contributed by atoms with Crippen molar-refractivity contribution in [1.82, 2.24) is 9.97 Å². The van der Waals surface area contributed by atoms with Crippen LogP contribution in [-0.4, -0.2) is 49.0 Å². The Hall–Kier alpha value is -1.37. The van der Waals surface area contributed by atoms with Gasteiger partial charge in [0.25, 0.3) is 0 Å². The normalized spacial score (nSPS) is 25.0. The van der Waals surface area contributed by atoms with Crippen LogP contribution in [0.1, 0.15) is 37.8 Å². The van der Waals surface area contributed by atoms with Crippen molar-refractivity contribution < 1.29 is 8.42 Å². The standard InChI is InChI=1S/C15H24N4O2S/c1-12-10-14(17-13-6-9-22(20,21)11-13)18-15(16-12)19-7-4-2-3-5-8-19/h10,13H,2-9,11H2,1H3,(H,16,17,18). The molecule has 2 saturated heterocycles. The van der Waals surface area contributed by atoms with E-state index < -0.39 is 9.84 Å². The van der Waals surface area contributed by atoms with Crippen LogP contribution in [-0.2, 0) is 9.84 Å². The Morgan fingerprint density at radius 1 is 1.18 bits per heavy atom. The molecule has 1 N–H and O–H groups in total. The van der Waals surface area contributed by atoms with Gasteiger partial charge >= 0.3 is 0 Å². The number of anilines is 2. The van der Waals surface area contributed by atoms with E-state index in [9.17, 15) is 8.42 Å². The van der Waals surface area contributed by atoms with Crippen LogP contribution in [0.5, 0.6) is 0 Å². The van der Waals surface area contributed by atoms with Crippen molar-refractivity contribution in [2.45, 2.75) is 45.1 Å². The summed E-state index contributed by atoms with van der Waals surface area (Å²) in [6.45, 7) is 3.96. The SMILES string of the molecule is Cc1cc(NC2CCS(=O)(=O)C2)nc(N2CCCCCC2)n1. The first-order chi connectivity index (χ1) is 10.5. The summed E-state index contributed by atoms with van der Waals surface area (Å²) in [5, 5.41) is 3.28. The van der Waals surface area contributed by atoms with Crippen LogP contribution in [0.4, 0.5) is 11.8 Å². The number of rotatable bonds is 3. The highest BCUT2D eigenvalue weighted by Crippen LogP contribution is 2.21. The number of hydrogen-bond donors (Lipinski definition) is 1. The van der Waals surface area contributed by atoms with Crippen molar-refractivity contribution in [2.75, 3.05) is 34.8 Å². The van der Waals surface area contributed by atoms with E-state index in [4.69, 9.17) is 0 Å². The zero-order valence-electron chi connectivity index (χ0n) is 13.1. The highest BCUT2D eigenvalue weighted by Gasteiger charge is 2.28. The van der Waals surface area contributed by atoms with Crippen molar-refractivity contribution in [3.63, 3.8) is 0 Å². The predicted molar refractivity (Wildman–Crippen MR) is 88.1 cm³/mol. The quantitative estimate of drug-likeness (QED) is 0.913. The van der Waals surface area contributed by atoms with Gasteiger partial charge in [0.2, 0.25) is 5.95 Å². The first-order valence-corrected chi connectivity index (χ1v) is 9.92. The number of nitrogens with zero attached hydrogens (tertiary/aromatic N) is 3. The lowest BCUT2D eigenvalue weighted by Gasteiger charge is -2.22. The van der Waals surface area contributed by atoms with Gasteiger partial charge in [0.15, 0.2) is 9.84 Å². The second kappa shape index (κ2) is 6.40. The first kappa shape index (κ1) is 15.5. The molecule has 0 amide bonds. The second-order valence-corrected chi connectivity index (χ2v) is 8.57. The van der Waals surface area contributed by atoms with Crippen LogP contribution in [0.15, 0.2) is 6.07 Å². The molecule has 2 aliphatic heterocycles. The Morgan fingerprint density at radius 3 is 2.55 bits per heavy atom. The van der Waals surface area contributed by atoms with Crippen molar-refractivity contribution >= 4 is 21.6 Å². The lowest BCUT2D eigenvalue weighted by molar-refractivity contribution is 0.602. The zero-order valence-corrected chi connectivity index (χ0v) is 13.9. The van der Waals surface area contributed by atoms with Crippen LogP contribution in [0.2, 0.25) is 0 Å². The third-order valence-corrected chi connectivity index (χ3v) is 6.08. The average molecular weight is 324 g/mol. The fraction of sp³-hybridized carbons (Fsp3) is 0.733. The smallest absolute Gasteiger partial charge is 0.227 e. The van der Waals surface area contributed by atoms with Gasteiger partial charge in [-0.25, -0.2) is 13.4 Å². The van der Waals surface area contributed by atoms with E-state index in [-0.39, 0.29) is 17.5 Å². The van der Waals surface area contributed by atoms with Gasteiger partial charge in [0.1, 0.15) is 5.82 Å². The summed E-state index contributed by atoms with van der Waals surface area (Å²) in [6.07, 6.45) is 5.56. The molecule has 1 aromatic rings. The monoisotopic (exact) mass is 324 g/mol. The van der Waals surface area contributed by atoms with Crippen LogP contribution < -0.4 is 10.2 Å². The third-order valence-electron chi connectivity index (χ3n) is 4.32. The van der Waals surface area contributed by atoms with Gasteiger partial charge in [-0.2, -0.15) is 4.98 Å². The van der Waals surface area contributed by atoms with E-state index >= 15 is 0 Å². The van der Waals surface area contributed by atoms with Crippen molar-refractivity contribution in [2.24, 2.45) is 0 Å². The molecule has 1 unspecified atom stereocenters. The Kier molecular flexibility index (Phi) is 4.52. The first-order valence-electron chi connectivity index (χ1n) is 8.09. The van der Waals surface area contributed by atoms with E-state index in [1.54, 1.807) is 0 Å². The molecule has 0 spiro atoms. The zero-order chi connectivity index (χ0) is 15.6. The molecular weight excluding hydrogens is 300 g/mol. The van der Waals surface area contributed by atoms with Gasteiger partial charge in [-0.05, 0) is 26.2 Å². The number of aryl methyl sites for hydroxylation is 1. The number of sulfone groups is 1. The van der Waals surface area contributed by atoms with Crippen molar-refractivity contribution in [1.29, 1.82) is 0 Å². The Labute approximate surface area is 132 Å². The van der Waals surface area contributed by atoms with Gasteiger partial charge in [0.05, 0.1) is 11.5 Å². The lowest BCUT2D eigenvalue weighted by atomic mass is 10.2. The molecule has 0 aromatic carbocycles. The van der Waals surface area contributed by atoms with E-state index in [1.165, 1.54) is 25.7 Å². The molecule has 3 rings (SSSR count). The molecule has 3 heterocycles. The largest absolute Gasteiger partial charge is 0.366 e. The fourth-order valence-corrected chi connectivity index (χ4v) is 4.83. The molecular formula is C15H24N4O2S. The number of nitrogens with one attached hydrogen (secondary N) is 1. The molecule has 1 aromatic heterocycles. The van der Waals surface area contributed by atoms with E-state index in [0.717, 1.165) is 30.5 Å². The van der Waals surface area contributed by atoms with Gasteiger partial charge in [0, 0.05) is 30.9 Å². The number of hydrogen-bond acceptors (Lipinski definition) is 6. The van der Waals surface area contributed by atoms with Crippen LogP contribution in [0.25, 0.3) is 0 Å². The van der Waals surface area contributed by atoms with E-state index in [0.29, 0.717) is 6.42 Å². The van der Waals surface area contributed by atoms with Crippen molar-refractivity contribution in [3.8, 4) is 0 Å². The topological polar surface area (TPSA) is 75.2 Å². The molecule has 0 radical (unpaired) electrons. The van der Waals surface area contributed by atoms with Crippen molar-refractivity contribution in [3.05, 3.63) is 11.8 Å². The third kappa shape index (κ3) is 3.88. The maximum atomic E-state index is 11.6. The molecule has 122 valence electrons. The minimum Gasteiger partial charge on any atom is -0.366 e. The van der Waals surface area contributed by atoms with Crippen LogP contribution in [0, 0.1) is 6.92 Å². The molecule has 1 atom stereocenters. The molecule has 6 nitrogen and oxygen atoms in total. The van der Waals surface area contributed by atoms with Gasteiger partial charge in [-0.1, -0.05) is 12.8 Å². The summed E-state index contributed by atoms with van der Waals surface area (Å²) in [6, 6.07) is 1.86. The highest BCUT2D eigenvalue weighted by atomic mass is 32.2. The molecule has 0 saturated carbocycles. The summed E-state index contributed by atoms with van der Waals surface area (Å²) in [7, 11) is -2.88. The summed E-state index contributed by atoms with van der Waals surface area (Å²) < 4.78 is 23.1. The van der Waals surface area contributed by atoms with E-state index in [2.05, 4.69) is 20.2 Å². The molecule has 2 aliphatic rings. The highest BCUT2D eigenvalue weighted by molar-refractivity contribution is 7.91. The van der Waals surface area contributed by atoms with Gasteiger partial charge in [-0.3, -0.25) is 0 Å². The molecule has 0 aliphatic carbocycles. The summed E-state index contributed by atoms with van der Waals surface area (Å²) in [5.74, 6) is 1.99. The minimum atomic E-state index is -2.88. The van der Waals surface area contributed by atoms with Crippen LogP contribution in [0.3, 0.4) is 0 Å². The van der Waals surface area contributed by atoms with E-state index in [1.807, 2.05) is 13.0 Å². The Balaban J connectivity index is 1.74. The molecule has 22 heavy (non-hydrogen) atoms. The average Bonchev–Trinajstić information content (AvgIpc) is 2.67. The van der Waals surface area contributed by atoms with Crippen LogP contribution >= 0.6 is 0 Å². The summed E-state index contributed by atoms with van der Waals surface area (Å²) in [4.78, 5) is 11.4. The second-order valence-electron chi connectivity index (χ2n) is 6.34. The predicted octanol–water partition coefficient (Wildman–Crippen LogP) is 1.76. The minimum absolute atomic E-state index is 0.0312. The van der Waals surface area contributed by atoms with Gasteiger partial charge < -0.3 is 10.2 Å². The molecule has 2 fully saturated rings. The maximum absolute atomic E-state index is 11.6. The fourth-order valence-electron chi connectivity index (χ4n) is 3.16.